The molecule has 0 spiro atoms. The molecule has 31 heavy (non-hydrogen) atoms. The van der Waals surface area contributed by atoms with Crippen LogP contribution in [-0.4, -0.2) is 66.3 Å². The molecule has 1 fully saturated rings. The van der Waals surface area contributed by atoms with Crippen molar-refractivity contribution in [2.24, 2.45) is 16.1 Å². The topological polar surface area (TPSA) is 164 Å². The first-order chi connectivity index (χ1) is 15.0. The molecule has 2 aromatic heterocycles. The molecule has 2 aromatic rings. The zero-order valence-corrected chi connectivity index (χ0v) is 18.1. The summed E-state index contributed by atoms with van der Waals surface area (Å²) in [6, 6.07) is 0. The number of aromatic nitrogens is 4. The number of hydrogen-bond acceptors (Lipinski definition) is 10. The van der Waals surface area contributed by atoms with E-state index in [1.54, 1.807) is 0 Å². The van der Waals surface area contributed by atoms with Crippen molar-refractivity contribution in [1.29, 1.82) is 0 Å². The number of ether oxygens (including phenoxy) is 1. The minimum absolute atomic E-state index is 0.0946. The first-order valence-corrected chi connectivity index (χ1v) is 11.0. The number of imidazole rings is 1. The lowest BCUT2D eigenvalue weighted by atomic mass is 9.93. The second-order valence-electron chi connectivity index (χ2n) is 8.01. The Morgan fingerprint density at radius 1 is 1.16 bits per heavy atom. The number of anilines is 1. The van der Waals surface area contributed by atoms with E-state index < -0.39 is 31.1 Å². The van der Waals surface area contributed by atoms with E-state index in [4.69, 9.17) is 10.5 Å². The molecule has 1 saturated heterocycles. The van der Waals surface area contributed by atoms with Gasteiger partial charge in [0.1, 0.15) is 23.8 Å². The van der Waals surface area contributed by atoms with Crippen LogP contribution < -0.4 is 5.73 Å². The Labute approximate surface area is 181 Å². The molecule has 2 unspecified atom stereocenters. The minimum atomic E-state index is -1.25. The van der Waals surface area contributed by atoms with Gasteiger partial charge in [-0.2, -0.15) is 15.1 Å². The predicted molar refractivity (Wildman–Crippen MR) is 115 cm³/mol. The van der Waals surface area contributed by atoms with Crippen LogP contribution in [0.25, 0.3) is 11.2 Å². The average molecular weight is 436 g/mol. The van der Waals surface area contributed by atoms with Crippen LogP contribution in [0.4, 0.5) is 11.8 Å². The maximum absolute atomic E-state index is 10.3. The monoisotopic (exact) mass is 435 g/mol. The molecule has 172 valence electrons. The summed E-state index contributed by atoms with van der Waals surface area (Å²) in [4.78, 5) is 12.7. The molecule has 0 aliphatic carbocycles. The van der Waals surface area contributed by atoms with E-state index in [0.717, 1.165) is 18.8 Å². The lowest BCUT2D eigenvalue weighted by molar-refractivity contribution is -0.0511. The summed E-state index contributed by atoms with van der Waals surface area (Å²) < 4.78 is 7.01. The summed E-state index contributed by atoms with van der Waals surface area (Å²) in [6.45, 7) is 4.59. The van der Waals surface area contributed by atoms with Gasteiger partial charge in [-0.05, 0) is 18.8 Å². The van der Waals surface area contributed by atoms with E-state index in [0.29, 0.717) is 17.7 Å². The van der Waals surface area contributed by atoms with Crippen molar-refractivity contribution >= 4 is 22.9 Å². The van der Waals surface area contributed by atoms with E-state index in [2.05, 4.69) is 39.0 Å². The Bertz CT molecular complexity index is 869. The Balaban J connectivity index is 1.70. The van der Waals surface area contributed by atoms with Crippen LogP contribution in [0.3, 0.4) is 0 Å². The molecular formula is C20H33N7O4. The fourth-order valence-electron chi connectivity index (χ4n) is 4.08. The Kier molecular flexibility index (Phi) is 8.24. The second-order valence-corrected chi connectivity index (χ2v) is 8.01. The van der Waals surface area contributed by atoms with Gasteiger partial charge in [-0.25, -0.2) is 4.98 Å². The Morgan fingerprint density at radius 2 is 1.90 bits per heavy atom. The maximum Gasteiger partial charge on any atom is 0.272 e. The van der Waals surface area contributed by atoms with E-state index in [1.807, 2.05) is 0 Å². The molecule has 3 heterocycles. The van der Waals surface area contributed by atoms with Gasteiger partial charge in [0.25, 0.3) is 5.95 Å². The van der Waals surface area contributed by atoms with Gasteiger partial charge in [0.05, 0.1) is 19.5 Å². The number of rotatable bonds is 11. The number of nitrogen functional groups attached to an aromatic ring is 1. The first kappa shape index (κ1) is 23.5. The summed E-state index contributed by atoms with van der Waals surface area (Å²) in [5, 5.41) is 37.9. The van der Waals surface area contributed by atoms with Crippen LogP contribution in [-0.2, 0) is 4.74 Å². The van der Waals surface area contributed by atoms with Gasteiger partial charge in [0.2, 0.25) is 0 Å². The smallest absolute Gasteiger partial charge is 0.272 e. The van der Waals surface area contributed by atoms with Crippen molar-refractivity contribution in [1.82, 2.24) is 19.5 Å². The number of azo groups is 1. The Morgan fingerprint density at radius 3 is 2.55 bits per heavy atom. The summed E-state index contributed by atoms with van der Waals surface area (Å²) in [5.74, 6) is 0.964. The van der Waals surface area contributed by atoms with Crippen LogP contribution in [0.5, 0.6) is 0 Å². The highest BCUT2D eigenvalue weighted by Gasteiger charge is 2.44. The number of nitrogens with two attached hydrogens (primary N) is 1. The number of aliphatic hydroxyl groups excluding tert-OH is 3. The molecule has 11 heteroatoms. The lowest BCUT2D eigenvalue weighted by Crippen LogP contribution is -2.33. The molecule has 0 amide bonds. The van der Waals surface area contributed by atoms with Crippen molar-refractivity contribution in [3.05, 3.63) is 6.33 Å². The largest absolute Gasteiger partial charge is 0.394 e. The van der Waals surface area contributed by atoms with Crippen LogP contribution in [0.1, 0.15) is 58.6 Å². The molecule has 4 atom stereocenters. The summed E-state index contributed by atoms with van der Waals surface area (Å²) >= 11 is 0. The number of hydrogen-bond donors (Lipinski definition) is 4. The van der Waals surface area contributed by atoms with Gasteiger partial charge in [0.15, 0.2) is 17.7 Å². The minimum Gasteiger partial charge on any atom is -0.394 e. The molecule has 0 bridgehead atoms. The zero-order valence-electron chi connectivity index (χ0n) is 18.1. The number of fused-ring (bicyclic) bond motifs is 1. The van der Waals surface area contributed by atoms with Crippen molar-refractivity contribution in [2.45, 2.75) is 76.9 Å². The van der Waals surface area contributed by atoms with Gasteiger partial charge in [-0.15, -0.1) is 5.11 Å². The summed E-state index contributed by atoms with van der Waals surface area (Å²) in [7, 11) is 0. The van der Waals surface area contributed by atoms with Gasteiger partial charge >= 0.3 is 0 Å². The third-order valence-electron chi connectivity index (χ3n) is 5.65. The SMILES string of the molecule is CCCC(CCC)CCCN=Nc1nc(N)c2ncn([C@@H]3O[C@H](CO)C(O)C3O)c2n1. The standard InChI is InChI=1S/C20H33N7O4/c1-3-6-12(7-4-2)8-5-9-23-26-20-24-17(21)14-18(25-20)27(11-22-14)19-16(30)15(29)13(10-28)31-19/h11-13,15-16,19,28-30H,3-10H2,1-2H3,(H2,21,24,25)/t13-,15?,16?,19-/m1/s1. The highest BCUT2D eigenvalue weighted by Crippen LogP contribution is 2.32. The quantitative estimate of drug-likeness (QED) is 0.308. The molecule has 1 aliphatic rings. The van der Waals surface area contributed by atoms with E-state index in [-0.39, 0.29) is 11.8 Å². The van der Waals surface area contributed by atoms with E-state index in [9.17, 15) is 15.3 Å². The van der Waals surface area contributed by atoms with E-state index >= 15 is 0 Å². The molecule has 0 radical (unpaired) electrons. The second kappa shape index (κ2) is 10.9. The van der Waals surface area contributed by atoms with Crippen molar-refractivity contribution in [3.8, 4) is 0 Å². The fraction of sp³-hybridized carbons (Fsp3) is 0.750. The molecule has 3 rings (SSSR count). The maximum atomic E-state index is 10.3. The number of aliphatic hydroxyl groups is 3. The van der Waals surface area contributed by atoms with Gasteiger partial charge in [-0.3, -0.25) is 4.57 Å². The van der Waals surface area contributed by atoms with Crippen molar-refractivity contribution in [3.63, 3.8) is 0 Å². The van der Waals surface area contributed by atoms with E-state index in [1.165, 1.54) is 36.6 Å². The molecule has 0 saturated carbocycles. The third-order valence-corrected chi connectivity index (χ3v) is 5.65. The van der Waals surface area contributed by atoms with Crippen molar-refractivity contribution < 1.29 is 20.1 Å². The van der Waals surface area contributed by atoms with Gasteiger partial charge in [0, 0.05) is 0 Å². The summed E-state index contributed by atoms with van der Waals surface area (Å²) in [6.07, 6.45) is 4.00. The molecular weight excluding hydrogens is 402 g/mol. The lowest BCUT2D eigenvalue weighted by Gasteiger charge is -2.16. The van der Waals surface area contributed by atoms with Crippen LogP contribution >= 0.6 is 0 Å². The molecule has 5 N–H and O–H groups in total. The Hall–Kier alpha value is -2.21. The van der Waals surface area contributed by atoms with Crippen LogP contribution in [0.15, 0.2) is 16.6 Å². The molecule has 0 aromatic carbocycles. The highest BCUT2D eigenvalue weighted by molar-refractivity contribution is 5.82. The van der Waals surface area contributed by atoms with Crippen LogP contribution in [0.2, 0.25) is 0 Å². The molecule has 1 aliphatic heterocycles. The number of nitrogens with zero attached hydrogens (tertiary/aromatic N) is 6. The zero-order chi connectivity index (χ0) is 22.4. The predicted octanol–water partition coefficient (Wildman–Crippen LogP) is 2.10. The molecule has 11 nitrogen and oxygen atoms in total. The first-order valence-electron chi connectivity index (χ1n) is 11.0. The summed E-state index contributed by atoms with van der Waals surface area (Å²) in [5.41, 5.74) is 6.64. The fourth-order valence-corrected chi connectivity index (χ4v) is 4.08. The van der Waals surface area contributed by atoms with Gasteiger partial charge < -0.3 is 25.8 Å². The highest BCUT2D eigenvalue weighted by atomic mass is 16.6. The van der Waals surface area contributed by atoms with Crippen molar-refractivity contribution in [2.75, 3.05) is 18.9 Å². The third kappa shape index (κ3) is 5.35. The van der Waals surface area contributed by atoms with Gasteiger partial charge in [-0.1, -0.05) is 39.5 Å². The average Bonchev–Trinajstić information content (AvgIpc) is 3.29. The normalized spacial score (nSPS) is 24.2. The van der Waals surface area contributed by atoms with Crippen LogP contribution in [0, 0.1) is 5.92 Å².